The summed E-state index contributed by atoms with van der Waals surface area (Å²) in [6.07, 6.45) is -2.00. The minimum absolute atomic E-state index is 0.0169. The van der Waals surface area contributed by atoms with E-state index in [1.54, 1.807) is 23.5 Å². The number of hydrogen-bond acceptors (Lipinski definition) is 13. The van der Waals surface area contributed by atoms with Gasteiger partial charge in [0, 0.05) is 12.0 Å². The summed E-state index contributed by atoms with van der Waals surface area (Å²) in [5.41, 5.74) is -1.17. The van der Waals surface area contributed by atoms with Crippen LogP contribution in [0.1, 0.15) is 43.1 Å². The Morgan fingerprint density at radius 1 is 1.11 bits per heavy atom. The molecule has 1 aromatic carbocycles. The number of amides is 2. The average molecular weight is 515 g/mol. The summed E-state index contributed by atoms with van der Waals surface area (Å²) in [7, 11) is 1.39. The van der Waals surface area contributed by atoms with E-state index in [0.717, 1.165) is 12.8 Å². The fourth-order valence-electron chi connectivity index (χ4n) is 3.26. The fraction of sp³-hybridized carbons (Fsp3) is 0.364. The van der Waals surface area contributed by atoms with Crippen molar-refractivity contribution in [2.24, 2.45) is 5.92 Å². The Bertz CT molecular complexity index is 1330. The van der Waals surface area contributed by atoms with Crippen LogP contribution in [0.15, 0.2) is 28.8 Å². The number of rotatable bonds is 9. The lowest BCUT2D eigenvalue weighted by molar-refractivity contribution is -0.323. The van der Waals surface area contributed by atoms with Gasteiger partial charge in [-0.2, -0.15) is 4.98 Å². The van der Waals surface area contributed by atoms with E-state index >= 15 is 0 Å². The normalized spacial score (nSPS) is 13.7. The van der Waals surface area contributed by atoms with Gasteiger partial charge in [-0.3, -0.25) is 14.9 Å². The number of nitrogens with one attached hydrogen (secondary N) is 3. The van der Waals surface area contributed by atoms with Crippen LogP contribution in [-0.4, -0.2) is 65.8 Å². The Morgan fingerprint density at radius 3 is 2.43 bits per heavy atom. The third-order valence-electron chi connectivity index (χ3n) is 5.17. The van der Waals surface area contributed by atoms with Crippen molar-refractivity contribution in [1.82, 2.24) is 25.7 Å². The summed E-state index contributed by atoms with van der Waals surface area (Å²) in [5, 5.41) is 56.2. The van der Waals surface area contributed by atoms with Gasteiger partial charge in [-0.05, 0) is 38.8 Å². The Labute approximate surface area is 209 Å². The average Bonchev–Trinajstić information content (AvgIpc) is 3.53. The molecule has 3 aromatic rings. The number of aliphatic hydroxyl groups is 4. The molecule has 1 aliphatic rings. The van der Waals surface area contributed by atoms with E-state index in [1.165, 1.54) is 27.0 Å². The second kappa shape index (κ2) is 9.70. The van der Waals surface area contributed by atoms with E-state index in [0.29, 0.717) is 11.3 Å². The van der Waals surface area contributed by atoms with E-state index in [1.807, 2.05) is 0 Å². The molecule has 0 saturated heterocycles. The number of aromatic nitrogens is 4. The van der Waals surface area contributed by atoms with Gasteiger partial charge in [-0.1, -0.05) is 11.2 Å². The predicted molar refractivity (Wildman–Crippen MR) is 125 cm³/mol. The summed E-state index contributed by atoms with van der Waals surface area (Å²) >= 11 is 0. The highest BCUT2D eigenvalue weighted by Crippen LogP contribution is 2.38. The lowest BCUT2D eigenvalue weighted by Gasteiger charge is -2.18. The Balaban J connectivity index is 1.72. The first-order chi connectivity index (χ1) is 17.4. The quantitative estimate of drug-likeness (QED) is 0.189. The Morgan fingerprint density at radius 2 is 1.84 bits per heavy atom. The van der Waals surface area contributed by atoms with Crippen molar-refractivity contribution in [2.45, 2.75) is 38.4 Å². The number of benzene rings is 1. The number of ether oxygens (including phenoxy) is 1. The molecule has 0 unspecified atom stereocenters. The van der Waals surface area contributed by atoms with Crippen LogP contribution in [0.2, 0.25) is 0 Å². The van der Waals surface area contributed by atoms with E-state index in [9.17, 15) is 14.7 Å². The van der Waals surface area contributed by atoms with Crippen LogP contribution in [-0.2, 0) is 10.4 Å². The SMILES string of the molecule is COc1c(Nc2cc(NC(=O)C3CC3)nnc2C(=O)NC(O)(O)O)cccc1-c1noc(C(C)(C)O)n1. The second-order valence-electron chi connectivity index (χ2n) is 8.84. The summed E-state index contributed by atoms with van der Waals surface area (Å²) in [5.74, 6) is -1.22. The summed E-state index contributed by atoms with van der Waals surface area (Å²) in [6.45, 7) is 2.98. The van der Waals surface area contributed by atoms with Gasteiger partial charge >= 0.3 is 6.10 Å². The maximum atomic E-state index is 12.6. The first kappa shape index (κ1) is 25.9. The van der Waals surface area contributed by atoms with E-state index in [2.05, 4.69) is 31.0 Å². The molecule has 4 rings (SSSR count). The maximum Gasteiger partial charge on any atom is 0.369 e. The smallest absolute Gasteiger partial charge is 0.369 e. The molecule has 7 N–H and O–H groups in total. The standard InChI is InChI=1S/C22H25N7O8/c1-21(2,32)20-25-17(29-37-20)11-5-4-6-12(16(11)36-3)23-13-9-14(24-18(30)10-7-8-10)27-28-15(13)19(31)26-22(33,34)35/h4-6,9-10,32-35H,7-8H2,1-3H3,(H,26,31)(H2,23,24,27,30). The van der Waals surface area contributed by atoms with Crippen molar-refractivity contribution in [3.8, 4) is 17.1 Å². The first-order valence-corrected chi connectivity index (χ1v) is 11.0. The summed E-state index contributed by atoms with van der Waals surface area (Å²) in [6, 6.07) is 6.17. The van der Waals surface area contributed by atoms with E-state index in [4.69, 9.17) is 24.6 Å². The van der Waals surface area contributed by atoms with Gasteiger partial charge in [-0.25, -0.2) is 0 Å². The fourth-order valence-corrected chi connectivity index (χ4v) is 3.26. The van der Waals surface area contributed by atoms with Gasteiger partial charge in [0.1, 0.15) is 5.60 Å². The zero-order valence-electron chi connectivity index (χ0n) is 20.0. The summed E-state index contributed by atoms with van der Waals surface area (Å²) in [4.78, 5) is 29.0. The zero-order valence-corrected chi connectivity index (χ0v) is 20.0. The number of para-hydroxylation sites is 1. The number of carbonyl (C=O) groups is 2. The molecule has 1 saturated carbocycles. The van der Waals surface area contributed by atoms with Crippen molar-refractivity contribution >= 4 is 29.0 Å². The Hall–Kier alpha value is -4.18. The number of anilines is 3. The Kier molecular flexibility index (Phi) is 6.79. The highest BCUT2D eigenvalue weighted by Gasteiger charge is 2.31. The van der Waals surface area contributed by atoms with E-state index < -0.39 is 23.3 Å². The van der Waals surface area contributed by atoms with Crippen LogP contribution in [0.4, 0.5) is 17.2 Å². The van der Waals surface area contributed by atoms with Crippen LogP contribution in [0.3, 0.4) is 0 Å². The number of hydrogen-bond donors (Lipinski definition) is 7. The summed E-state index contributed by atoms with van der Waals surface area (Å²) < 4.78 is 10.7. The molecule has 0 atom stereocenters. The molecule has 37 heavy (non-hydrogen) atoms. The van der Waals surface area contributed by atoms with Crippen molar-refractivity contribution in [3.05, 3.63) is 35.9 Å². The van der Waals surface area contributed by atoms with Gasteiger partial charge < -0.3 is 40.3 Å². The van der Waals surface area contributed by atoms with Crippen molar-refractivity contribution in [3.63, 3.8) is 0 Å². The zero-order chi connectivity index (χ0) is 27.0. The van der Waals surface area contributed by atoms with Crippen molar-refractivity contribution < 1.29 is 39.3 Å². The molecule has 2 heterocycles. The van der Waals surface area contributed by atoms with E-state index in [-0.39, 0.29) is 40.8 Å². The molecule has 0 radical (unpaired) electrons. The number of methoxy groups -OCH3 is 1. The van der Waals surface area contributed by atoms with Crippen LogP contribution in [0.5, 0.6) is 5.75 Å². The highest BCUT2D eigenvalue weighted by atomic mass is 16.7. The molecule has 2 amide bonds. The van der Waals surface area contributed by atoms with Gasteiger partial charge in [0.25, 0.3) is 11.8 Å². The van der Waals surface area contributed by atoms with Gasteiger partial charge in [0.2, 0.25) is 11.7 Å². The third-order valence-corrected chi connectivity index (χ3v) is 5.17. The maximum absolute atomic E-state index is 12.6. The predicted octanol–water partition coefficient (Wildman–Crippen LogP) is 0.173. The minimum atomic E-state index is -3.51. The van der Waals surface area contributed by atoms with Gasteiger partial charge in [0.15, 0.2) is 17.3 Å². The second-order valence-corrected chi connectivity index (χ2v) is 8.84. The molecule has 0 spiro atoms. The largest absolute Gasteiger partial charge is 0.494 e. The minimum Gasteiger partial charge on any atom is -0.494 e. The molecule has 15 heteroatoms. The van der Waals surface area contributed by atoms with Gasteiger partial charge in [-0.15, -0.1) is 10.2 Å². The molecule has 15 nitrogen and oxygen atoms in total. The molecule has 196 valence electrons. The molecule has 0 aliphatic heterocycles. The number of carbonyl (C=O) groups excluding carboxylic acids is 2. The van der Waals surface area contributed by atoms with Crippen molar-refractivity contribution in [1.29, 1.82) is 0 Å². The molecular weight excluding hydrogens is 490 g/mol. The lowest BCUT2D eigenvalue weighted by atomic mass is 10.1. The molecule has 1 fully saturated rings. The van der Waals surface area contributed by atoms with Gasteiger partial charge in [0.05, 0.1) is 24.0 Å². The highest BCUT2D eigenvalue weighted by molar-refractivity contribution is 6.00. The monoisotopic (exact) mass is 515 g/mol. The molecule has 2 aromatic heterocycles. The van der Waals surface area contributed by atoms with Crippen LogP contribution in [0, 0.1) is 5.92 Å². The van der Waals surface area contributed by atoms with Crippen LogP contribution >= 0.6 is 0 Å². The van der Waals surface area contributed by atoms with Crippen LogP contribution in [0.25, 0.3) is 11.4 Å². The topological polar surface area (TPSA) is 225 Å². The first-order valence-electron chi connectivity index (χ1n) is 11.0. The molecule has 1 aliphatic carbocycles. The third kappa shape index (κ3) is 6.15. The van der Waals surface area contributed by atoms with Crippen LogP contribution < -0.4 is 20.7 Å². The molecule has 0 bridgehead atoms. The molecular formula is C22H25N7O8. The van der Waals surface area contributed by atoms with Crippen molar-refractivity contribution in [2.75, 3.05) is 17.7 Å². The lowest BCUT2D eigenvalue weighted by Crippen LogP contribution is -2.48. The number of nitrogens with zero attached hydrogens (tertiary/aromatic N) is 4.